The minimum atomic E-state index is -2.99. The molecule has 0 atom stereocenters. The van der Waals surface area contributed by atoms with E-state index in [2.05, 4.69) is 4.74 Å². The van der Waals surface area contributed by atoms with Crippen molar-refractivity contribution in [1.29, 1.82) is 0 Å². The largest absolute Gasteiger partial charge is 0.493 e. The summed E-state index contributed by atoms with van der Waals surface area (Å²) in [5.74, 6) is 0.770. The molecule has 0 saturated heterocycles. The number of rotatable bonds is 10. The first-order chi connectivity index (χ1) is 16.9. The Hall–Kier alpha value is -4.07. The number of benzene rings is 3. The summed E-state index contributed by atoms with van der Waals surface area (Å²) >= 11 is 0. The van der Waals surface area contributed by atoms with E-state index in [1.165, 1.54) is 33.5 Å². The van der Waals surface area contributed by atoms with Crippen LogP contribution in [0.5, 0.6) is 23.0 Å². The molecule has 0 bridgehead atoms. The molecule has 0 heterocycles. The van der Waals surface area contributed by atoms with Crippen LogP contribution >= 0.6 is 0 Å². The van der Waals surface area contributed by atoms with Crippen molar-refractivity contribution < 1.29 is 32.5 Å². The molecule has 1 amide bonds. The van der Waals surface area contributed by atoms with E-state index in [4.69, 9.17) is 14.2 Å². The van der Waals surface area contributed by atoms with E-state index in [0.29, 0.717) is 34.7 Å². The highest BCUT2D eigenvalue weighted by Gasteiger charge is 2.20. The first-order valence-electron chi connectivity index (χ1n) is 10.7. The van der Waals surface area contributed by atoms with Gasteiger partial charge in [-0.05, 0) is 47.0 Å². The van der Waals surface area contributed by atoms with Crippen molar-refractivity contribution in [2.75, 3.05) is 28.4 Å². The summed E-state index contributed by atoms with van der Waals surface area (Å²) in [6.07, 6.45) is 1.67. The zero-order chi connectivity index (χ0) is 25.4. The maximum absolute atomic E-state index is 13.6. The van der Waals surface area contributed by atoms with E-state index >= 15 is 0 Å². The number of methoxy groups -OCH3 is 3. The van der Waals surface area contributed by atoms with Crippen LogP contribution in [0.15, 0.2) is 66.7 Å². The van der Waals surface area contributed by atoms with E-state index in [-0.39, 0.29) is 17.4 Å². The Morgan fingerprint density at radius 2 is 1.49 bits per heavy atom. The molecule has 3 aromatic rings. The van der Waals surface area contributed by atoms with Crippen molar-refractivity contribution in [2.45, 2.75) is 13.2 Å². The minimum Gasteiger partial charge on any atom is -0.493 e. The van der Waals surface area contributed by atoms with Gasteiger partial charge in [0.25, 0.3) is 5.91 Å². The van der Waals surface area contributed by atoms with Gasteiger partial charge >= 0.3 is 6.61 Å². The highest BCUT2D eigenvalue weighted by atomic mass is 19.3. The van der Waals surface area contributed by atoms with Crippen molar-refractivity contribution in [3.05, 3.63) is 83.4 Å². The van der Waals surface area contributed by atoms with Gasteiger partial charge in [0.2, 0.25) is 0 Å². The number of hydrogen-bond acceptors (Lipinski definition) is 5. The fraction of sp³-hybridized carbons (Fsp3) is 0.222. The van der Waals surface area contributed by atoms with E-state index in [0.717, 1.165) is 5.56 Å². The number of amides is 1. The molecule has 0 aliphatic heterocycles. The van der Waals surface area contributed by atoms with Crippen molar-refractivity contribution in [3.8, 4) is 23.0 Å². The number of alkyl halides is 2. The lowest BCUT2D eigenvalue weighted by atomic mass is 10.00. The molecule has 0 fully saturated rings. The summed E-state index contributed by atoms with van der Waals surface area (Å²) in [4.78, 5) is 15.2. The predicted molar refractivity (Wildman–Crippen MR) is 130 cm³/mol. The van der Waals surface area contributed by atoms with Crippen LogP contribution < -0.4 is 18.9 Å². The second-order valence-corrected chi connectivity index (χ2v) is 7.56. The summed E-state index contributed by atoms with van der Waals surface area (Å²) < 4.78 is 45.9. The van der Waals surface area contributed by atoms with E-state index < -0.39 is 6.61 Å². The quantitative estimate of drug-likeness (QED) is 0.281. The third-order valence-corrected chi connectivity index (χ3v) is 5.25. The van der Waals surface area contributed by atoms with Crippen LogP contribution in [0.3, 0.4) is 0 Å². The summed E-state index contributed by atoms with van der Waals surface area (Å²) in [5, 5.41) is 0. The molecule has 0 aliphatic rings. The smallest absolute Gasteiger partial charge is 0.387 e. The summed E-state index contributed by atoms with van der Waals surface area (Å²) in [5.41, 5.74) is 2.51. The van der Waals surface area contributed by atoms with Crippen LogP contribution in [0, 0.1) is 0 Å². The number of carbonyl (C=O) groups excluding carboxylic acids is 1. The number of ether oxygens (including phenoxy) is 4. The lowest BCUT2D eigenvalue weighted by Gasteiger charge is -2.20. The predicted octanol–water partition coefficient (Wildman–Crippen LogP) is 5.51. The van der Waals surface area contributed by atoms with Crippen LogP contribution in [0.25, 0.3) is 11.6 Å². The molecule has 3 aromatic carbocycles. The molecule has 0 spiro atoms. The zero-order valence-corrected chi connectivity index (χ0v) is 20.0. The third kappa shape index (κ3) is 6.50. The molecule has 0 aromatic heterocycles. The number of carbonyl (C=O) groups is 1. The number of hydrogen-bond donors (Lipinski definition) is 0. The molecular formula is C27H27F2NO5. The van der Waals surface area contributed by atoms with Crippen LogP contribution in [0.1, 0.15) is 16.7 Å². The monoisotopic (exact) mass is 483 g/mol. The van der Waals surface area contributed by atoms with Gasteiger partial charge in [0.15, 0.2) is 23.0 Å². The molecular weight excluding hydrogens is 456 g/mol. The van der Waals surface area contributed by atoms with Crippen LogP contribution in [0.2, 0.25) is 0 Å². The molecule has 0 radical (unpaired) electrons. The fourth-order valence-electron chi connectivity index (χ4n) is 3.54. The van der Waals surface area contributed by atoms with Gasteiger partial charge in [0.05, 0.1) is 21.3 Å². The Kier molecular flexibility index (Phi) is 8.67. The Bertz CT molecular complexity index is 1180. The first-order valence-corrected chi connectivity index (χ1v) is 10.7. The summed E-state index contributed by atoms with van der Waals surface area (Å²) in [6.45, 7) is -2.59. The van der Waals surface area contributed by atoms with E-state index in [9.17, 15) is 13.6 Å². The SMILES string of the molecule is COc1ccc(/C(=C/c2ccc(OC(F)F)c(OC)c2)C(=O)N(C)Cc2ccccc2)cc1OC. The summed E-state index contributed by atoms with van der Waals surface area (Å²) in [7, 11) is 6.11. The Balaban J connectivity index is 2.05. The van der Waals surface area contributed by atoms with Crippen LogP contribution in [0.4, 0.5) is 8.78 Å². The van der Waals surface area contributed by atoms with Gasteiger partial charge in [-0.15, -0.1) is 0 Å². The average Bonchev–Trinajstić information content (AvgIpc) is 2.87. The maximum atomic E-state index is 13.6. The summed E-state index contributed by atoms with van der Waals surface area (Å²) in [6, 6.07) is 19.3. The number of likely N-dealkylation sites (N-methyl/N-ethyl adjacent to an activating group) is 1. The standard InChI is InChI=1S/C27H27F2NO5/c1-30(17-18-8-6-5-7-9-18)26(31)21(20-11-13-22(32-2)25(16-20)34-4)14-19-10-12-23(35-27(28)29)24(15-19)33-3/h5-16,27H,17H2,1-4H3/b21-14-. The lowest BCUT2D eigenvalue weighted by Crippen LogP contribution is -2.27. The highest BCUT2D eigenvalue weighted by Crippen LogP contribution is 2.34. The number of nitrogens with zero attached hydrogens (tertiary/aromatic N) is 1. The maximum Gasteiger partial charge on any atom is 0.387 e. The lowest BCUT2D eigenvalue weighted by molar-refractivity contribution is -0.124. The van der Waals surface area contributed by atoms with Gasteiger partial charge in [0, 0.05) is 19.2 Å². The van der Waals surface area contributed by atoms with Gasteiger partial charge < -0.3 is 23.8 Å². The van der Waals surface area contributed by atoms with E-state index in [1.54, 1.807) is 42.3 Å². The molecule has 0 N–H and O–H groups in total. The van der Waals surface area contributed by atoms with Gasteiger partial charge in [-0.2, -0.15) is 8.78 Å². The first kappa shape index (κ1) is 25.6. The van der Waals surface area contributed by atoms with Crippen LogP contribution in [-0.4, -0.2) is 45.8 Å². The topological polar surface area (TPSA) is 57.2 Å². The van der Waals surface area contributed by atoms with Crippen LogP contribution in [-0.2, 0) is 11.3 Å². The minimum absolute atomic E-state index is 0.0974. The van der Waals surface area contributed by atoms with Gasteiger partial charge in [-0.1, -0.05) is 42.5 Å². The Labute approximate surface area is 203 Å². The molecule has 6 nitrogen and oxygen atoms in total. The molecule has 0 unspecified atom stereocenters. The second kappa shape index (κ2) is 11.9. The van der Waals surface area contributed by atoms with E-state index in [1.807, 2.05) is 30.3 Å². The highest BCUT2D eigenvalue weighted by molar-refractivity contribution is 6.24. The van der Waals surface area contributed by atoms with Gasteiger partial charge in [0.1, 0.15) is 0 Å². The average molecular weight is 484 g/mol. The van der Waals surface area contributed by atoms with Gasteiger partial charge in [-0.3, -0.25) is 4.79 Å². The molecule has 35 heavy (non-hydrogen) atoms. The van der Waals surface area contributed by atoms with Crippen molar-refractivity contribution in [3.63, 3.8) is 0 Å². The molecule has 0 saturated carbocycles. The Morgan fingerprint density at radius 1 is 0.857 bits per heavy atom. The normalized spacial score (nSPS) is 11.2. The van der Waals surface area contributed by atoms with Crippen molar-refractivity contribution in [1.82, 2.24) is 4.90 Å². The van der Waals surface area contributed by atoms with Crippen molar-refractivity contribution >= 4 is 17.6 Å². The molecule has 0 aliphatic carbocycles. The Morgan fingerprint density at radius 3 is 2.11 bits per heavy atom. The number of halogens is 2. The third-order valence-electron chi connectivity index (χ3n) is 5.25. The molecule has 8 heteroatoms. The zero-order valence-electron chi connectivity index (χ0n) is 20.0. The van der Waals surface area contributed by atoms with Gasteiger partial charge in [-0.25, -0.2) is 0 Å². The fourth-order valence-corrected chi connectivity index (χ4v) is 3.54. The molecule has 184 valence electrons. The van der Waals surface area contributed by atoms with Crippen molar-refractivity contribution in [2.24, 2.45) is 0 Å². The molecule has 3 rings (SSSR count). The second-order valence-electron chi connectivity index (χ2n) is 7.56.